The van der Waals surface area contributed by atoms with Crippen molar-refractivity contribution in [3.63, 3.8) is 0 Å². The molecule has 0 atom stereocenters. The van der Waals surface area contributed by atoms with Crippen LogP contribution in [0.4, 0.5) is 11.4 Å². The average Bonchev–Trinajstić information content (AvgIpc) is 2.40. The molecule has 4 N–H and O–H groups in total. The molecule has 0 aromatic heterocycles. The molecular formula is C14H15N3S. The summed E-state index contributed by atoms with van der Waals surface area (Å²) in [5.41, 5.74) is 8.47. The lowest BCUT2D eigenvalue weighted by atomic mass is 10.2. The lowest BCUT2D eigenvalue weighted by Gasteiger charge is -2.10. The van der Waals surface area contributed by atoms with E-state index in [1.165, 1.54) is 5.56 Å². The SMILES string of the molecule is Nc1ccc(NC(=S)NCc2ccccc2)cc1. The predicted molar refractivity (Wildman–Crippen MR) is 80.4 cm³/mol. The third kappa shape index (κ3) is 3.75. The van der Waals surface area contributed by atoms with Crippen LogP contribution < -0.4 is 16.4 Å². The van der Waals surface area contributed by atoms with Gasteiger partial charge in [0.2, 0.25) is 0 Å². The van der Waals surface area contributed by atoms with Gasteiger partial charge in [-0.3, -0.25) is 0 Å². The van der Waals surface area contributed by atoms with Crippen molar-refractivity contribution < 1.29 is 0 Å². The van der Waals surface area contributed by atoms with E-state index in [1.54, 1.807) is 0 Å². The van der Waals surface area contributed by atoms with Crippen molar-refractivity contribution in [3.05, 3.63) is 60.2 Å². The van der Waals surface area contributed by atoms with E-state index in [2.05, 4.69) is 22.8 Å². The molecule has 0 heterocycles. The zero-order chi connectivity index (χ0) is 12.8. The molecule has 2 aromatic carbocycles. The molecule has 0 aliphatic rings. The topological polar surface area (TPSA) is 50.1 Å². The Bertz CT molecular complexity index is 508. The minimum Gasteiger partial charge on any atom is -0.399 e. The Hall–Kier alpha value is -2.07. The van der Waals surface area contributed by atoms with E-state index < -0.39 is 0 Å². The average molecular weight is 257 g/mol. The molecule has 0 saturated carbocycles. The highest BCUT2D eigenvalue weighted by Crippen LogP contribution is 2.10. The molecule has 0 unspecified atom stereocenters. The van der Waals surface area contributed by atoms with E-state index in [0.717, 1.165) is 11.4 Å². The number of nitrogens with one attached hydrogen (secondary N) is 2. The predicted octanol–water partition coefficient (Wildman–Crippen LogP) is 2.76. The zero-order valence-electron chi connectivity index (χ0n) is 9.89. The van der Waals surface area contributed by atoms with Gasteiger partial charge in [0.05, 0.1) is 0 Å². The lowest BCUT2D eigenvalue weighted by molar-refractivity contribution is 0.926. The first-order chi connectivity index (χ1) is 8.74. The van der Waals surface area contributed by atoms with Gasteiger partial charge in [0.25, 0.3) is 0 Å². The van der Waals surface area contributed by atoms with Crippen LogP contribution in [0.25, 0.3) is 0 Å². The quantitative estimate of drug-likeness (QED) is 0.584. The number of nitrogens with two attached hydrogens (primary N) is 1. The molecule has 0 spiro atoms. The number of anilines is 2. The van der Waals surface area contributed by atoms with Crippen molar-refractivity contribution in [2.75, 3.05) is 11.1 Å². The van der Waals surface area contributed by atoms with E-state index in [9.17, 15) is 0 Å². The van der Waals surface area contributed by atoms with Crippen molar-refractivity contribution in [2.24, 2.45) is 0 Å². The van der Waals surface area contributed by atoms with Crippen molar-refractivity contribution in [3.8, 4) is 0 Å². The van der Waals surface area contributed by atoms with Gasteiger partial charge < -0.3 is 16.4 Å². The van der Waals surface area contributed by atoms with Crippen LogP contribution in [0, 0.1) is 0 Å². The normalized spacial score (nSPS) is 9.78. The van der Waals surface area contributed by atoms with Gasteiger partial charge in [0.15, 0.2) is 5.11 Å². The van der Waals surface area contributed by atoms with Crippen LogP contribution in [-0.4, -0.2) is 5.11 Å². The highest BCUT2D eigenvalue weighted by Gasteiger charge is 1.97. The standard InChI is InChI=1S/C14H15N3S/c15-12-6-8-13(9-7-12)17-14(18)16-10-11-4-2-1-3-5-11/h1-9H,10,15H2,(H2,16,17,18). The molecule has 0 fully saturated rings. The van der Waals surface area contributed by atoms with E-state index >= 15 is 0 Å². The Morgan fingerprint density at radius 1 is 1.00 bits per heavy atom. The molecule has 0 radical (unpaired) electrons. The molecule has 2 aromatic rings. The van der Waals surface area contributed by atoms with Crippen molar-refractivity contribution in [2.45, 2.75) is 6.54 Å². The van der Waals surface area contributed by atoms with Crippen LogP contribution in [0.15, 0.2) is 54.6 Å². The Morgan fingerprint density at radius 3 is 2.33 bits per heavy atom. The molecule has 0 aliphatic heterocycles. The maximum atomic E-state index is 5.62. The smallest absolute Gasteiger partial charge is 0.171 e. The lowest BCUT2D eigenvalue weighted by Crippen LogP contribution is -2.27. The number of benzene rings is 2. The number of hydrogen-bond acceptors (Lipinski definition) is 2. The summed E-state index contributed by atoms with van der Waals surface area (Å²) in [6.07, 6.45) is 0. The molecule has 92 valence electrons. The number of thiocarbonyl (C=S) groups is 1. The summed E-state index contributed by atoms with van der Waals surface area (Å²) in [6, 6.07) is 17.6. The third-order valence-corrected chi connectivity index (χ3v) is 2.71. The fourth-order valence-corrected chi connectivity index (χ4v) is 1.71. The van der Waals surface area contributed by atoms with Gasteiger partial charge in [0.1, 0.15) is 0 Å². The molecule has 0 bridgehead atoms. The van der Waals surface area contributed by atoms with Gasteiger partial charge in [0, 0.05) is 17.9 Å². The number of hydrogen-bond donors (Lipinski definition) is 3. The van der Waals surface area contributed by atoms with Crippen LogP contribution in [-0.2, 0) is 6.54 Å². The second-order valence-corrected chi connectivity index (χ2v) is 4.32. The monoisotopic (exact) mass is 257 g/mol. The minimum atomic E-state index is 0.601. The van der Waals surface area contributed by atoms with E-state index in [1.807, 2.05) is 42.5 Å². The fourth-order valence-electron chi connectivity index (χ4n) is 1.52. The van der Waals surface area contributed by atoms with Gasteiger partial charge in [-0.05, 0) is 42.0 Å². The first-order valence-electron chi connectivity index (χ1n) is 5.68. The summed E-state index contributed by atoms with van der Waals surface area (Å²) in [4.78, 5) is 0. The Balaban J connectivity index is 1.84. The summed E-state index contributed by atoms with van der Waals surface area (Å²) in [6.45, 7) is 0.710. The second kappa shape index (κ2) is 6.02. The highest BCUT2D eigenvalue weighted by molar-refractivity contribution is 7.80. The second-order valence-electron chi connectivity index (χ2n) is 3.92. The van der Waals surface area contributed by atoms with Crippen molar-refractivity contribution in [1.82, 2.24) is 5.32 Å². The van der Waals surface area contributed by atoms with E-state index in [-0.39, 0.29) is 0 Å². The molecule has 18 heavy (non-hydrogen) atoms. The van der Waals surface area contributed by atoms with Crippen LogP contribution in [0.1, 0.15) is 5.56 Å². The Labute approximate surface area is 112 Å². The molecule has 3 nitrogen and oxygen atoms in total. The summed E-state index contributed by atoms with van der Waals surface area (Å²) in [5, 5.41) is 6.86. The molecule has 0 aliphatic carbocycles. The summed E-state index contributed by atoms with van der Waals surface area (Å²) in [7, 11) is 0. The van der Waals surface area contributed by atoms with Crippen molar-refractivity contribution >= 4 is 28.7 Å². The van der Waals surface area contributed by atoms with Crippen molar-refractivity contribution in [1.29, 1.82) is 0 Å². The number of nitrogen functional groups attached to an aromatic ring is 1. The minimum absolute atomic E-state index is 0.601. The van der Waals surface area contributed by atoms with E-state index in [0.29, 0.717) is 11.7 Å². The number of rotatable bonds is 3. The Kier molecular flexibility index (Phi) is 4.15. The van der Waals surface area contributed by atoms with Crippen LogP contribution in [0.3, 0.4) is 0 Å². The van der Waals surface area contributed by atoms with Crippen LogP contribution in [0.2, 0.25) is 0 Å². The zero-order valence-corrected chi connectivity index (χ0v) is 10.7. The summed E-state index contributed by atoms with van der Waals surface area (Å²) < 4.78 is 0. The first kappa shape index (κ1) is 12.4. The third-order valence-electron chi connectivity index (χ3n) is 2.46. The first-order valence-corrected chi connectivity index (χ1v) is 6.09. The van der Waals surface area contributed by atoms with Crippen LogP contribution >= 0.6 is 12.2 Å². The van der Waals surface area contributed by atoms with Gasteiger partial charge in [-0.15, -0.1) is 0 Å². The van der Waals surface area contributed by atoms with E-state index in [4.69, 9.17) is 18.0 Å². The van der Waals surface area contributed by atoms with Gasteiger partial charge in [-0.2, -0.15) is 0 Å². The molecular weight excluding hydrogens is 242 g/mol. The Morgan fingerprint density at radius 2 is 1.67 bits per heavy atom. The van der Waals surface area contributed by atoms with Gasteiger partial charge in [-0.25, -0.2) is 0 Å². The summed E-state index contributed by atoms with van der Waals surface area (Å²) in [5.74, 6) is 0. The van der Waals surface area contributed by atoms with Crippen LogP contribution in [0.5, 0.6) is 0 Å². The molecule has 0 amide bonds. The maximum Gasteiger partial charge on any atom is 0.171 e. The van der Waals surface area contributed by atoms with Gasteiger partial charge in [-0.1, -0.05) is 30.3 Å². The molecule has 2 rings (SSSR count). The maximum absolute atomic E-state index is 5.62. The highest BCUT2D eigenvalue weighted by atomic mass is 32.1. The largest absolute Gasteiger partial charge is 0.399 e. The summed E-state index contributed by atoms with van der Waals surface area (Å²) >= 11 is 5.21. The molecule has 4 heteroatoms. The molecule has 0 saturated heterocycles. The van der Waals surface area contributed by atoms with Gasteiger partial charge >= 0.3 is 0 Å². The fraction of sp³-hybridized carbons (Fsp3) is 0.0714.